The molecule has 0 N–H and O–H groups in total. The van der Waals surface area contributed by atoms with E-state index in [2.05, 4.69) is 0 Å². The summed E-state index contributed by atoms with van der Waals surface area (Å²) in [6, 6.07) is 0. The van der Waals surface area contributed by atoms with Gasteiger partial charge in [-0.3, -0.25) is 0 Å². The normalized spacial score (nSPS) is 8.73. The van der Waals surface area contributed by atoms with Crippen molar-refractivity contribution in [2.24, 2.45) is 5.92 Å². The van der Waals surface area contributed by atoms with Gasteiger partial charge in [0.05, 0.1) is 0 Å². The van der Waals surface area contributed by atoms with E-state index >= 15 is 0 Å². The fourth-order valence-electron chi connectivity index (χ4n) is 0.362. The Labute approximate surface area is 111 Å². The molecule has 3 nitrogen and oxygen atoms in total. The Morgan fingerprint density at radius 1 is 1.64 bits per heavy atom. The van der Waals surface area contributed by atoms with Crippen molar-refractivity contribution in [2.45, 2.75) is 13.8 Å². The van der Waals surface area contributed by atoms with Gasteiger partial charge in [0.2, 0.25) is 0 Å². The minimum atomic E-state index is -1.18. The van der Waals surface area contributed by atoms with Crippen LogP contribution in [0.1, 0.15) is 13.8 Å². The SMILES string of the molecule is CC(C)[CH-][B]N(C)C(=O)[O-].[K+]. The summed E-state index contributed by atoms with van der Waals surface area (Å²) in [7, 11) is 2.92. The average molecular weight is 179 g/mol. The van der Waals surface area contributed by atoms with Crippen molar-refractivity contribution in [3.05, 3.63) is 6.32 Å². The number of carbonyl (C=O) groups is 1. The molecule has 1 radical (unpaired) electrons. The van der Waals surface area contributed by atoms with Crippen molar-refractivity contribution in [1.29, 1.82) is 0 Å². The van der Waals surface area contributed by atoms with E-state index in [1.807, 2.05) is 13.8 Å². The van der Waals surface area contributed by atoms with E-state index in [1.54, 1.807) is 6.32 Å². The number of amides is 1. The fourth-order valence-corrected chi connectivity index (χ4v) is 0.362. The third-order valence-corrected chi connectivity index (χ3v) is 0.983. The zero-order chi connectivity index (χ0) is 8.15. The first kappa shape index (κ1) is 14.5. The van der Waals surface area contributed by atoms with E-state index in [1.165, 1.54) is 14.5 Å². The first-order chi connectivity index (χ1) is 4.54. The molecule has 0 fully saturated rings. The third kappa shape index (κ3) is 8.88. The molecule has 0 heterocycles. The average Bonchev–Trinajstić information content (AvgIpc) is 1.82. The molecule has 0 unspecified atom stereocenters. The molecule has 0 aromatic heterocycles. The molecule has 0 atom stereocenters. The van der Waals surface area contributed by atoms with E-state index in [4.69, 9.17) is 0 Å². The topological polar surface area (TPSA) is 43.4 Å². The molecule has 0 aromatic rings. The summed E-state index contributed by atoms with van der Waals surface area (Å²) < 4.78 is 0. The molecule has 0 spiro atoms. The predicted molar refractivity (Wildman–Crippen MR) is 38.1 cm³/mol. The molecule has 1 amide bonds. The van der Waals surface area contributed by atoms with Crippen LogP contribution >= 0.6 is 0 Å². The first-order valence-corrected chi connectivity index (χ1v) is 3.16. The minimum Gasteiger partial charge on any atom is -0.531 e. The van der Waals surface area contributed by atoms with Crippen molar-refractivity contribution in [2.75, 3.05) is 7.05 Å². The number of hydrogen-bond donors (Lipinski definition) is 0. The van der Waals surface area contributed by atoms with E-state index in [-0.39, 0.29) is 51.4 Å². The predicted octanol–water partition coefficient (Wildman–Crippen LogP) is -3.30. The summed E-state index contributed by atoms with van der Waals surface area (Å²) in [5.74, 6) is 0.363. The standard InChI is InChI=1S/C6H12BNO2.K/c1-5(2)4-7-8(3)6(9)10;/h4-5H,1-3H3,(H,9,10);/q-1;+1/p-1. The van der Waals surface area contributed by atoms with E-state index in [9.17, 15) is 9.90 Å². The second-order valence-corrected chi connectivity index (χ2v) is 2.46. The maximum atomic E-state index is 10.1. The summed E-state index contributed by atoms with van der Waals surface area (Å²) in [4.78, 5) is 11.1. The Kier molecular flexibility index (Phi) is 10.0. The second kappa shape index (κ2) is 7.61. The zero-order valence-electron chi connectivity index (χ0n) is 7.50. The number of carbonyl (C=O) groups excluding carboxylic acids is 1. The van der Waals surface area contributed by atoms with E-state index in [0.29, 0.717) is 5.92 Å². The molecular formula is C6H11BKNO2-. The van der Waals surface area contributed by atoms with Crippen molar-refractivity contribution >= 4 is 13.5 Å². The molecule has 0 aromatic carbocycles. The molecule has 0 bridgehead atoms. The molecule has 0 rings (SSSR count). The molecule has 0 aliphatic heterocycles. The molecule has 0 saturated heterocycles. The number of rotatable bonds is 3. The molecular weight excluding hydrogens is 168 g/mol. The fraction of sp³-hybridized carbons (Fsp3) is 0.667. The van der Waals surface area contributed by atoms with Crippen LogP contribution in [0, 0.1) is 12.2 Å². The van der Waals surface area contributed by atoms with Crippen molar-refractivity contribution in [1.82, 2.24) is 4.81 Å². The molecule has 0 saturated carbocycles. The summed E-state index contributed by atoms with van der Waals surface area (Å²) >= 11 is 0. The second-order valence-electron chi connectivity index (χ2n) is 2.46. The van der Waals surface area contributed by atoms with Crippen molar-refractivity contribution in [3.63, 3.8) is 0 Å². The molecule has 5 heteroatoms. The first-order valence-electron chi connectivity index (χ1n) is 3.16. The van der Waals surface area contributed by atoms with Gasteiger partial charge in [-0.25, -0.2) is 0 Å². The Hall–Kier alpha value is 0.971. The van der Waals surface area contributed by atoms with Crippen LogP contribution in [0.5, 0.6) is 0 Å². The minimum absolute atomic E-state index is 0. The molecule has 0 aliphatic rings. The monoisotopic (exact) mass is 179 g/mol. The van der Waals surface area contributed by atoms with Crippen LogP contribution < -0.4 is 56.5 Å². The van der Waals surface area contributed by atoms with Crippen molar-refractivity contribution < 1.29 is 61.3 Å². The molecule has 0 aliphatic carbocycles. The van der Waals surface area contributed by atoms with Gasteiger partial charge in [0, 0.05) is 7.41 Å². The smallest absolute Gasteiger partial charge is 0.531 e. The Balaban J connectivity index is 0. The Morgan fingerprint density at radius 3 is 2.36 bits per heavy atom. The van der Waals surface area contributed by atoms with Crippen LogP contribution in [0.4, 0.5) is 4.79 Å². The molecule has 57 valence electrons. The Bertz CT molecular complexity index is 121. The largest absolute Gasteiger partial charge is 1.00 e. The summed E-state index contributed by atoms with van der Waals surface area (Å²) in [6.45, 7) is 3.94. The number of carboxylic acid groups (broad SMARTS) is 1. The van der Waals surface area contributed by atoms with Crippen LogP contribution in [-0.4, -0.2) is 25.4 Å². The number of nitrogens with zero attached hydrogens (tertiary/aromatic N) is 1. The molecule has 11 heavy (non-hydrogen) atoms. The van der Waals surface area contributed by atoms with Crippen molar-refractivity contribution in [3.8, 4) is 0 Å². The van der Waals surface area contributed by atoms with Gasteiger partial charge in [0.15, 0.2) is 0 Å². The summed E-state index contributed by atoms with van der Waals surface area (Å²) in [6.07, 6.45) is 0.604. The van der Waals surface area contributed by atoms with Gasteiger partial charge in [0.1, 0.15) is 6.09 Å². The van der Waals surface area contributed by atoms with Gasteiger partial charge in [-0.1, -0.05) is 13.8 Å². The maximum Gasteiger partial charge on any atom is 1.00 e. The van der Waals surface area contributed by atoms with Crippen LogP contribution in [-0.2, 0) is 0 Å². The number of hydrogen-bond acceptors (Lipinski definition) is 2. The van der Waals surface area contributed by atoms with Crippen LogP contribution in [0.25, 0.3) is 0 Å². The zero-order valence-corrected chi connectivity index (χ0v) is 10.6. The van der Waals surface area contributed by atoms with E-state index < -0.39 is 6.09 Å². The van der Waals surface area contributed by atoms with Crippen LogP contribution in [0.3, 0.4) is 0 Å². The van der Waals surface area contributed by atoms with Crippen LogP contribution in [0.2, 0.25) is 0 Å². The Morgan fingerprint density at radius 2 is 2.09 bits per heavy atom. The van der Waals surface area contributed by atoms with Crippen LogP contribution in [0.15, 0.2) is 0 Å². The maximum absolute atomic E-state index is 10.1. The summed E-state index contributed by atoms with van der Waals surface area (Å²) in [5.41, 5.74) is 0. The van der Waals surface area contributed by atoms with Gasteiger partial charge < -0.3 is 21.0 Å². The van der Waals surface area contributed by atoms with Gasteiger partial charge in [-0.05, 0) is 7.05 Å². The van der Waals surface area contributed by atoms with Gasteiger partial charge in [-0.15, -0.1) is 0 Å². The third-order valence-electron chi connectivity index (χ3n) is 0.983. The quantitative estimate of drug-likeness (QED) is 0.336. The van der Waals surface area contributed by atoms with Gasteiger partial charge >= 0.3 is 51.4 Å². The van der Waals surface area contributed by atoms with Gasteiger partial charge in [-0.2, -0.15) is 5.92 Å². The summed E-state index contributed by atoms with van der Waals surface area (Å²) in [5, 5.41) is 10.1. The van der Waals surface area contributed by atoms with E-state index in [0.717, 1.165) is 4.81 Å². The van der Waals surface area contributed by atoms with Gasteiger partial charge in [0.25, 0.3) is 0 Å².